The fourth-order valence-corrected chi connectivity index (χ4v) is 2.15. The lowest BCUT2D eigenvalue weighted by atomic mass is 10.1. The molecule has 1 aliphatic rings. The van der Waals surface area contributed by atoms with E-state index in [2.05, 4.69) is 10.6 Å². The van der Waals surface area contributed by atoms with Gasteiger partial charge in [0.05, 0.1) is 6.42 Å². The topological polar surface area (TPSA) is 41.1 Å². The van der Waals surface area contributed by atoms with E-state index in [0.29, 0.717) is 12.1 Å². The predicted molar refractivity (Wildman–Crippen MR) is 68.7 cm³/mol. The van der Waals surface area contributed by atoms with Gasteiger partial charge in [-0.1, -0.05) is 6.07 Å². The van der Waals surface area contributed by atoms with Crippen molar-refractivity contribution < 1.29 is 13.6 Å². The normalized spacial score (nSPS) is 16.2. The number of benzene rings is 1. The third-order valence-corrected chi connectivity index (χ3v) is 3.52. The highest BCUT2D eigenvalue weighted by Crippen LogP contribution is 2.44. The first kappa shape index (κ1) is 13.9. The fourth-order valence-electron chi connectivity index (χ4n) is 2.15. The van der Waals surface area contributed by atoms with Gasteiger partial charge in [-0.2, -0.15) is 0 Å². The Morgan fingerprint density at radius 2 is 2.00 bits per heavy atom. The summed E-state index contributed by atoms with van der Waals surface area (Å²) < 4.78 is 25.8. The molecule has 0 spiro atoms. The van der Waals surface area contributed by atoms with Gasteiger partial charge < -0.3 is 10.6 Å². The minimum Gasteiger partial charge on any atom is -0.355 e. The lowest BCUT2D eigenvalue weighted by Crippen LogP contribution is -2.35. The second-order valence-corrected chi connectivity index (χ2v) is 5.23. The van der Waals surface area contributed by atoms with E-state index in [1.807, 2.05) is 7.05 Å². The van der Waals surface area contributed by atoms with Gasteiger partial charge in [0, 0.05) is 18.5 Å². The third-order valence-electron chi connectivity index (χ3n) is 3.52. The summed E-state index contributed by atoms with van der Waals surface area (Å²) in [5.74, 6) is -1.97. The standard InChI is InChI=1S/C14H18F2N2O/c1-17-8-14(4-5-14)9-18-13(19)7-10-2-3-11(15)12(16)6-10/h2-3,6,17H,4-5,7-9H2,1H3,(H,18,19). The molecular weight excluding hydrogens is 250 g/mol. The van der Waals surface area contributed by atoms with Crippen molar-refractivity contribution in [3.8, 4) is 0 Å². The second-order valence-electron chi connectivity index (χ2n) is 5.23. The molecule has 1 aromatic rings. The van der Waals surface area contributed by atoms with Crippen LogP contribution in [0.4, 0.5) is 8.78 Å². The van der Waals surface area contributed by atoms with Gasteiger partial charge in [0.2, 0.25) is 5.91 Å². The van der Waals surface area contributed by atoms with Crippen LogP contribution in [0.25, 0.3) is 0 Å². The summed E-state index contributed by atoms with van der Waals surface area (Å²) in [6.45, 7) is 1.52. The zero-order valence-corrected chi connectivity index (χ0v) is 10.9. The lowest BCUT2D eigenvalue weighted by molar-refractivity contribution is -0.120. The summed E-state index contributed by atoms with van der Waals surface area (Å²) in [5.41, 5.74) is 0.674. The minimum atomic E-state index is -0.917. The van der Waals surface area contributed by atoms with Crippen LogP contribution in [0.15, 0.2) is 18.2 Å². The molecule has 5 heteroatoms. The highest BCUT2D eigenvalue weighted by molar-refractivity contribution is 5.78. The molecule has 2 rings (SSSR count). The van der Waals surface area contributed by atoms with Crippen LogP contribution in [0.1, 0.15) is 18.4 Å². The van der Waals surface area contributed by atoms with Crippen molar-refractivity contribution in [1.29, 1.82) is 0 Å². The number of hydrogen-bond acceptors (Lipinski definition) is 2. The summed E-state index contributed by atoms with van der Waals surface area (Å²) in [6.07, 6.45) is 2.30. The van der Waals surface area contributed by atoms with Gasteiger partial charge in [0.15, 0.2) is 11.6 Å². The van der Waals surface area contributed by atoms with Crippen molar-refractivity contribution in [3.63, 3.8) is 0 Å². The Hall–Kier alpha value is -1.49. The van der Waals surface area contributed by atoms with Crippen LogP contribution in [-0.2, 0) is 11.2 Å². The summed E-state index contributed by atoms with van der Waals surface area (Å²) in [7, 11) is 1.89. The molecule has 1 aliphatic carbocycles. The summed E-state index contributed by atoms with van der Waals surface area (Å²) in [4.78, 5) is 11.7. The maximum absolute atomic E-state index is 13.0. The maximum atomic E-state index is 13.0. The zero-order chi connectivity index (χ0) is 13.9. The molecule has 0 saturated heterocycles. The number of amides is 1. The van der Waals surface area contributed by atoms with Gasteiger partial charge in [0.25, 0.3) is 0 Å². The van der Waals surface area contributed by atoms with E-state index < -0.39 is 11.6 Å². The highest BCUT2D eigenvalue weighted by Gasteiger charge is 2.41. The van der Waals surface area contributed by atoms with Crippen LogP contribution in [0.3, 0.4) is 0 Å². The number of carbonyl (C=O) groups is 1. The van der Waals surface area contributed by atoms with Crippen LogP contribution in [-0.4, -0.2) is 26.0 Å². The Kier molecular flexibility index (Phi) is 4.14. The van der Waals surface area contributed by atoms with E-state index in [9.17, 15) is 13.6 Å². The van der Waals surface area contributed by atoms with E-state index in [1.54, 1.807) is 0 Å². The Morgan fingerprint density at radius 3 is 2.58 bits per heavy atom. The second kappa shape index (κ2) is 5.65. The lowest BCUT2D eigenvalue weighted by Gasteiger charge is -2.15. The van der Waals surface area contributed by atoms with Crippen molar-refractivity contribution in [1.82, 2.24) is 10.6 Å². The first-order valence-electron chi connectivity index (χ1n) is 6.40. The van der Waals surface area contributed by atoms with Crippen molar-refractivity contribution >= 4 is 5.91 Å². The molecule has 3 nitrogen and oxygen atoms in total. The van der Waals surface area contributed by atoms with Gasteiger partial charge in [-0.15, -0.1) is 0 Å². The molecule has 1 fully saturated rings. The van der Waals surface area contributed by atoms with Gasteiger partial charge in [-0.25, -0.2) is 8.78 Å². The van der Waals surface area contributed by atoms with Crippen LogP contribution in [0, 0.1) is 17.0 Å². The number of nitrogens with one attached hydrogen (secondary N) is 2. The number of rotatable bonds is 6. The molecule has 104 valence electrons. The molecule has 0 unspecified atom stereocenters. The Morgan fingerprint density at radius 1 is 1.26 bits per heavy atom. The quantitative estimate of drug-likeness (QED) is 0.823. The molecule has 0 aliphatic heterocycles. The zero-order valence-electron chi connectivity index (χ0n) is 10.9. The molecule has 19 heavy (non-hydrogen) atoms. The van der Waals surface area contributed by atoms with Gasteiger partial charge >= 0.3 is 0 Å². The van der Waals surface area contributed by atoms with E-state index in [4.69, 9.17) is 0 Å². The minimum absolute atomic E-state index is 0.0762. The van der Waals surface area contributed by atoms with E-state index in [0.717, 1.165) is 31.5 Å². The van der Waals surface area contributed by atoms with Crippen LogP contribution in [0.2, 0.25) is 0 Å². The smallest absolute Gasteiger partial charge is 0.224 e. The number of halogens is 2. The average molecular weight is 268 g/mol. The van der Waals surface area contributed by atoms with Gasteiger partial charge in [0.1, 0.15) is 0 Å². The molecule has 0 aromatic heterocycles. The Balaban J connectivity index is 1.82. The SMILES string of the molecule is CNCC1(CNC(=O)Cc2ccc(F)c(F)c2)CC1. The van der Waals surface area contributed by atoms with Gasteiger partial charge in [-0.05, 0) is 37.6 Å². The maximum Gasteiger partial charge on any atom is 0.224 e. The molecule has 0 heterocycles. The van der Waals surface area contributed by atoms with Crippen molar-refractivity contribution in [3.05, 3.63) is 35.4 Å². The van der Waals surface area contributed by atoms with Crippen molar-refractivity contribution in [2.45, 2.75) is 19.3 Å². The first-order valence-corrected chi connectivity index (χ1v) is 6.40. The molecular formula is C14H18F2N2O. The van der Waals surface area contributed by atoms with Crippen molar-refractivity contribution in [2.75, 3.05) is 20.1 Å². The van der Waals surface area contributed by atoms with Crippen molar-refractivity contribution in [2.24, 2.45) is 5.41 Å². The molecule has 1 saturated carbocycles. The molecule has 1 amide bonds. The van der Waals surface area contributed by atoms with E-state index >= 15 is 0 Å². The highest BCUT2D eigenvalue weighted by atomic mass is 19.2. The monoisotopic (exact) mass is 268 g/mol. The molecule has 0 atom stereocenters. The fraction of sp³-hybridized carbons (Fsp3) is 0.500. The Bertz CT molecular complexity index is 473. The Labute approximate surface area is 111 Å². The van der Waals surface area contributed by atoms with Crippen LogP contribution in [0.5, 0.6) is 0 Å². The molecule has 0 bridgehead atoms. The first-order chi connectivity index (χ1) is 9.04. The molecule has 2 N–H and O–H groups in total. The number of hydrogen-bond donors (Lipinski definition) is 2. The summed E-state index contributed by atoms with van der Waals surface area (Å²) >= 11 is 0. The molecule has 1 aromatic carbocycles. The third kappa shape index (κ3) is 3.73. The average Bonchev–Trinajstić information content (AvgIpc) is 3.12. The molecule has 0 radical (unpaired) electrons. The summed E-state index contributed by atoms with van der Waals surface area (Å²) in [5, 5.41) is 5.97. The van der Waals surface area contributed by atoms with E-state index in [1.165, 1.54) is 6.07 Å². The van der Waals surface area contributed by atoms with E-state index in [-0.39, 0.29) is 17.7 Å². The summed E-state index contributed by atoms with van der Waals surface area (Å²) in [6, 6.07) is 3.54. The van der Waals surface area contributed by atoms with Crippen LogP contribution < -0.4 is 10.6 Å². The van der Waals surface area contributed by atoms with Gasteiger partial charge in [-0.3, -0.25) is 4.79 Å². The predicted octanol–water partition coefficient (Wildman–Crippen LogP) is 1.62. The largest absolute Gasteiger partial charge is 0.355 e. The number of carbonyl (C=O) groups excluding carboxylic acids is 1. The van der Waals surface area contributed by atoms with Crippen LogP contribution >= 0.6 is 0 Å².